The lowest BCUT2D eigenvalue weighted by molar-refractivity contribution is -0.139. The average Bonchev–Trinajstić information content (AvgIpc) is 2.94. The third-order valence-electron chi connectivity index (χ3n) is 4.32. The van der Waals surface area contributed by atoms with Crippen LogP contribution in [0.3, 0.4) is 0 Å². The van der Waals surface area contributed by atoms with Crippen LogP contribution in [0.4, 0.5) is 0 Å². The Balaban J connectivity index is 1.68. The SMILES string of the molecule is CC1(NC2CC(=O)N(C3CC3)C2=O)CCCC1. The van der Waals surface area contributed by atoms with Gasteiger partial charge in [-0.3, -0.25) is 14.5 Å². The summed E-state index contributed by atoms with van der Waals surface area (Å²) in [5.41, 5.74) is 0.0696. The zero-order valence-electron chi connectivity index (χ0n) is 10.4. The fourth-order valence-electron chi connectivity index (χ4n) is 3.20. The highest BCUT2D eigenvalue weighted by atomic mass is 16.2. The molecule has 17 heavy (non-hydrogen) atoms. The first-order valence-electron chi connectivity index (χ1n) is 6.73. The van der Waals surface area contributed by atoms with Gasteiger partial charge < -0.3 is 5.32 Å². The third kappa shape index (κ3) is 1.99. The number of likely N-dealkylation sites (tertiary alicyclic amines) is 1. The number of carbonyl (C=O) groups is 2. The zero-order valence-corrected chi connectivity index (χ0v) is 10.4. The van der Waals surface area contributed by atoms with Crippen LogP contribution in [0.5, 0.6) is 0 Å². The molecule has 0 aromatic carbocycles. The summed E-state index contributed by atoms with van der Waals surface area (Å²) < 4.78 is 0. The molecule has 1 unspecified atom stereocenters. The van der Waals surface area contributed by atoms with Crippen LogP contribution in [-0.4, -0.2) is 34.3 Å². The van der Waals surface area contributed by atoms with E-state index in [-0.39, 0.29) is 29.4 Å². The Kier molecular flexibility index (Phi) is 2.51. The van der Waals surface area contributed by atoms with Gasteiger partial charge in [-0.25, -0.2) is 0 Å². The number of nitrogens with zero attached hydrogens (tertiary/aromatic N) is 1. The van der Waals surface area contributed by atoms with Gasteiger partial charge in [-0.1, -0.05) is 12.8 Å². The van der Waals surface area contributed by atoms with Crippen LogP contribution in [0, 0.1) is 0 Å². The molecule has 0 radical (unpaired) electrons. The summed E-state index contributed by atoms with van der Waals surface area (Å²) in [5, 5.41) is 3.43. The molecule has 2 amide bonds. The molecule has 94 valence electrons. The summed E-state index contributed by atoms with van der Waals surface area (Å²) in [6.45, 7) is 2.18. The number of carbonyl (C=O) groups excluding carboxylic acids is 2. The van der Waals surface area contributed by atoms with Gasteiger partial charge in [-0.2, -0.15) is 0 Å². The standard InChI is InChI=1S/C13H20N2O2/c1-13(6-2-3-7-13)14-10-8-11(16)15(12(10)17)9-4-5-9/h9-10,14H,2-8H2,1H3. The molecule has 1 N–H and O–H groups in total. The summed E-state index contributed by atoms with van der Waals surface area (Å²) >= 11 is 0. The van der Waals surface area contributed by atoms with Crippen molar-refractivity contribution in [2.45, 2.75) is 69.5 Å². The van der Waals surface area contributed by atoms with Crippen LogP contribution in [-0.2, 0) is 9.59 Å². The molecule has 0 spiro atoms. The largest absolute Gasteiger partial charge is 0.300 e. The number of rotatable bonds is 3. The van der Waals surface area contributed by atoms with Gasteiger partial charge in [0.25, 0.3) is 0 Å². The fraction of sp³-hybridized carbons (Fsp3) is 0.846. The average molecular weight is 236 g/mol. The molecule has 1 atom stereocenters. The van der Waals surface area contributed by atoms with Gasteiger partial charge in [-0.05, 0) is 32.6 Å². The van der Waals surface area contributed by atoms with Crippen molar-refractivity contribution in [1.82, 2.24) is 10.2 Å². The van der Waals surface area contributed by atoms with E-state index in [1.165, 1.54) is 17.7 Å². The van der Waals surface area contributed by atoms with Crippen molar-refractivity contribution in [2.24, 2.45) is 0 Å². The summed E-state index contributed by atoms with van der Waals surface area (Å²) in [7, 11) is 0. The Labute approximate surface area is 102 Å². The summed E-state index contributed by atoms with van der Waals surface area (Å²) in [6, 6.07) is -0.0376. The van der Waals surface area contributed by atoms with Crippen molar-refractivity contribution in [3.05, 3.63) is 0 Å². The molecule has 0 aromatic rings. The molecule has 2 aliphatic carbocycles. The molecular formula is C13H20N2O2. The van der Waals surface area contributed by atoms with Crippen molar-refractivity contribution in [3.63, 3.8) is 0 Å². The van der Waals surface area contributed by atoms with E-state index < -0.39 is 0 Å². The Morgan fingerprint density at radius 3 is 2.47 bits per heavy atom. The van der Waals surface area contributed by atoms with Crippen LogP contribution in [0.15, 0.2) is 0 Å². The van der Waals surface area contributed by atoms with E-state index in [0.717, 1.165) is 25.7 Å². The Hall–Kier alpha value is -0.900. The maximum atomic E-state index is 12.2. The highest BCUT2D eigenvalue weighted by molar-refractivity contribution is 6.06. The van der Waals surface area contributed by atoms with E-state index in [0.29, 0.717) is 6.42 Å². The van der Waals surface area contributed by atoms with Gasteiger partial charge in [0.1, 0.15) is 0 Å². The molecule has 1 heterocycles. The van der Waals surface area contributed by atoms with Crippen molar-refractivity contribution < 1.29 is 9.59 Å². The lowest BCUT2D eigenvalue weighted by Crippen LogP contribution is -2.49. The summed E-state index contributed by atoms with van der Waals surface area (Å²) in [6.07, 6.45) is 7.06. The molecule has 3 fully saturated rings. The van der Waals surface area contributed by atoms with Gasteiger partial charge >= 0.3 is 0 Å². The van der Waals surface area contributed by atoms with E-state index in [4.69, 9.17) is 0 Å². The molecule has 0 aromatic heterocycles. The Bertz CT molecular complexity index is 356. The van der Waals surface area contributed by atoms with Crippen molar-refractivity contribution in [1.29, 1.82) is 0 Å². The predicted octanol–water partition coefficient (Wildman–Crippen LogP) is 1.20. The van der Waals surface area contributed by atoms with E-state index >= 15 is 0 Å². The number of nitrogens with one attached hydrogen (secondary N) is 1. The van der Waals surface area contributed by atoms with Gasteiger partial charge in [0, 0.05) is 11.6 Å². The lowest BCUT2D eigenvalue weighted by atomic mass is 9.99. The maximum absolute atomic E-state index is 12.2. The molecule has 3 rings (SSSR count). The molecule has 2 saturated carbocycles. The Morgan fingerprint density at radius 2 is 1.88 bits per heavy atom. The molecule has 3 aliphatic rings. The zero-order chi connectivity index (χ0) is 12.0. The van der Waals surface area contributed by atoms with Gasteiger partial charge in [0.15, 0.2) is 0 Å². The fourth-order valence-corrected chi connectivity index (χ4v) is 3.20. The molecule has 1 saturated heterocycles. The van der Waals surface area contributed by atoms with Crippen LogP contribution in [0.1, 0.15) is 51.9 Å². The van der Waals surface area contributed by atoms with Crippen LogP contribution in [0.2, 0.25) is 0 Å². The first kappa shape index (κ1) is 11.2. The highest BCUT2D eigenvalue weighted by Crippen LogP contribution is 2.34. The quantitative estimate of drug-likeness (QED) is 0.749. The van der Waals surface area contributed by atoms with Crippen LogP contribution >= 0.6 is 0 Å². The molecule has 0 bridgehead atoms. The molecule has 4 heteroatoms. The normalized spacial score (nSPS) is 32.5. The van der Waals surface area contributed by atoms with E-state index in [9.17, 15) is 9.59 Å². The third-order valence-corrected chi connectivity index (χ3v) is 4.32. The van der Waals surface area contributed by atoms with E-state index in [1.807, 2.05) is 0 Å². The van der Waals surface area contributed by atoms with Gasteiger partial charge in [-0.15, -0.1) is 0 Å². The van der Waals surface area contributed by atoms with Crippen molar-refractivity contribution in [2.75, 3.05) is 0 Å². The van der Waals surface area contributed by atoms with Gasteiger partial charge in [0.2, 0.25) is 11.8 Å². The molecular weight excluding hydrogens is 216 g/mol. The second kappa shape index (κ2) is 3.80. The number of amides is 2. The minimum atomic E-state index is -0.258. The smallest absolute Gasteiger partial charge is 0.247 e. The second-order valence-electron chi connectivity index (χ2n) is 6.00. The topological polar surface area (TPSA) is 49.4 Å². The Morgan fingerprint density at radius 1 is 1.24 bits per heavy atom. The minimum Gasteiger partial charge on any atom is -0.300 e. The van der Waals surface area contributed by atoms with Crippen LogP contribution in [0.25, 0.3) is 0 Å². The lowest BCUT2D eigenvalue weighted by Gasteiger charge is -2.28. The first-order chi connectivity index (χ1) is 8.09. The van der Waals surface area contributed by atoms with Crippen LogP contribution < -0.4 is 5.32 Å². The van der Waals surface area contributed by atoms with Crippen molar-refractivity contribution in [3.8, 4) is 0 Å². The summed E-state index contributed by atoms with van der Waals surface area (Å²) in [4.78, 5) is 25.5. The van der Waals surface area contributed by atoms with E-state index in [1.54, 1.807) is 0 Å². The number of imide groups is 1. The summed E-state index contributed by atoms with van der Waals surface area (Å²) in [5.74, 6) is 0.0437. The molecule has 1 aliphatic heterocycles. The second-order valence-corrected chi connectivity index (χ2v) is 6.00. The van der Waals surface area contributed by atoms with E-state index in [2.05, 4.69) is 12.2 Å². The first-order valence-corrected chi connectivity index (χ1v) is 6.73. The highest BCUT2D eigenvalue weighted by Gasteiger charge is 2.47. The number of hydrogen-bond acceptors (Lipinski definition) is 3. The monoisotopic (exact) mass is 236 g/mol. The maximum Gasteiger partial charge on any atom is 0.247 e. The molecule has 4 nitrogen and oxygen atoms in total. The predicted molar refractivity (Wildman–Crippen MR) is 63.3 cm³/mol. The van der Waals surface area contributed by atoms with Gasteiger partial charge in [0.05, 0.1) is 12.5 Å². The van der Waals surface area contributed by atoms with Crippen molar-refractivity contribution >= 4 is 11.8 Å². The number of hydrogen-bond donors (Lipinski definition) is 1. The minimum absolute atomic E-state index is 0.0191.